The fourth-order valence-corrected chi connectivity index (χ4v) is 1.21. The van der Waals surface area contributed by atoms with Crippen molar-refractivity contribution in [3.05, 3.63) is 0 Å². The SMILES string of the molecule is COC(=O)COCCOCCOCCOCCOCC(=O)OC. The average molecular weight is 338 g/mol. The molecule has 0 aromatic rings. The standard InChI is InChI=1S/C14H26O9/c1-17-13(15)11-22-9-7-20-5-3-19-4-6-21-8-10-23-12-14(16)18-2/h3-12H2,1-2H3. The van der Waals surface area contributed by atoms with Gasteiger partial charge >= 0.3 is 11.9 Å². The summed E-state index contributed by atoms with van der Waals surface area (Å²) in [6.07, 6.45) is 0. The summed E-state index contributed by atoms with van der Waals surface area (Å²) in [5.41, 5.74) is 0. The third-order valence-electron chi connectivity index (χ3n) is 2.38. The predicted molar refractivity (Wildman–Crippen MR) is 78.1 cm³/mol. The van der Waals surface area contributed by atoms with E-state index in [0.717, 1.165) is 0 Å². The second-order valence-corrected chi connectivity index (χ2v) is 4.09. The molecule has 0 unspecified atom stereocenters. The van der Waals surface area contributed by atoms with Gasteiger partial charge in [0.05, 0.1) is 67.1 Å². The Hall–Kier alpha value is -1.26. The topological polar surface area (TPSA) is 98.8 Å². The van der Waals surface area contributed by atoms with Crippen LogP contribution in [0, 0.1) is 0 Å². The molecule has 9 heteroatoms. The Morgan fingerprint density at radius 3 is 1.04 bits per heavy atom. The molecule has 0 amide bonds. The van der Waals surface area contributed by atoms with Crippen molar-refractivity contribution in [1.82, 2.24) is 0 Å². The lowest BCUT2D eigenvalue weighted by atomic mass is 10.6. The van der Waals surface area contributed by atoms with Gasteiger partial charge in [0.25, 0.3) is 0 Å². The first-order valence-electron chi connectivity index (χ1n) is 7.23. The zero-order chi connectivity index (χ0) is 17.2. The van der Waals surface area contributed by atoms with Crippen LogP contribution < -0.4 is 0 Å². The summed E-state index contributed by atoms with van der Waals surface area (Å²) in [5, 5.41) is 0. The van der Waals surface area contributed by atoms with Gasteiger partial charge in [0.2, 0.25) is 0 Å². The number of rotatable bonds is 16. The van der Waals surface area contributed by atoms with Crippen molar-refractivity contribution in [3.8, 4) is 0 Å². The zero-order valence-corrected chi connectivity index (χ0v) is 13.7. The van der Waals surface area contributed by atoms with Gasteiger partial charge in [-0.15, -0.1) is 0 Å². The lowest BCUT2D eigenvalue weighted by Crippen LogP contribution is -2.16. The molecule has 0 heterocycles. The van der Waals surface area contributed by atoms with Crippen molar-refractivity contribution >= 4 is 11.9 Å². The molecule has 0 N–H and O–H groups in total. The predicted octanol–water partition coefficient (Wildman–Crippen LogP) is -0.585. The molecule has 136 valence electrons. The van der Waals surface area contributed by atoms with Crippen LogP contribution in [-0.2, 0) is 42.7 Å². The van der Waals surface area contributed by atoms with Crippen LogP contribution in [0.5, 0.6) is 0 Å². The van der Waals surface area contributed by atoms with E-state index in [1.54, 1.807) is 0 Å². The first-order chi connectivity index (χ1) is 11.2. The molecule has 9 nitrogen and oxygen atoms in total. The number of hydrogen-bond donors (Lipinski definition) is 0. The molecule has 0 aliphatic rings. The first kappa shape index (κ1) is 21.7. The molecular weight excluding hydrogens is 312 g/mol. The fourth-order valence-electron chi connectivity index (χ4n) is 1.21. The summed E-state index contributed by atoms with van der Waals surface area (Å²) >= 11 is 0. The molecular formula is C14H26O9. The van der Waals surface area contributed by atoms with Crippen LogP contribution in [-0.4, -0.2) is 92.2 Å². The monoisotopic (exact) mass is 338 g/mol. The molecule has 0 fully saturated rings. The summed E-state index contributed by atoms with van der Waals surface area (Å²) in [6, 6.07) is 0. The van der Waals surface area contributed by atoms with Gasteiger partial charge in [0.1, 0.15) is 13.2 Å². The van der Waals surface area contributed by atoms with Gasteiger partial charge in [0, 0.05) is 0 Å². The van der Waals surface area contributed by atoms with Crippen molar-refractivity contribution in [1.29, 1.82) is 0 Å². The largest absolute Gasteiger partial charge is 0.467 e. The highest BCUT2D eigenvalue weighted by molar-refractivity contribution is 5.70. The summed E-state index contributed by atoms with van der Waals surface area (Å²) in [6.45, 7) is 3.02. The molecule has 0 saturated carbocycles. The molecule has 0 aliphatic heterocycles. The second-order valence-electron chi connectivity index (χ2n) is 4.09. The molecule has 23 heavy (non-hydrogen) atoms. The Morgan fingerprint density at radius 1 is 0.522 bits per heavy atom. The Labute approximate surface area is 136 Å². The van der Waals surface area contributed by atoms with E-state index in [1.165, 1.54) is 14.2 Å². The van der Waals surface area contributed by atoms with Crippen molar-refractivity contribution in [2.45, 2.75) is 0 Å². The number of ether oxygens (including phenoxy) is 7. The summed E-state index contributed by atoms with van der Waals surface area (Å²) in [7, 11) is 2.61. The van der Waals surface area contributed by atoms with Crippen LogP contribution in [0.25, 0.3) is 0 Å². The van der Waals surface area contributed by atoms with Crippen LogP contribution in [0.1, 0.15) is 0 Å². The maximum absolute atomic E-state index is 10.7. The quantitative estimate of drug-likeness (QED) is 0.270. The van der Waals surface area contributed by atoms with Crippen LogP contribution in [0.3, 0.4) is 0 Å². The normalized spacial score (nSPS) is 10.5. The lowest BCUT2D eigenvalue weighted by Gasteiger charge is -2.07. The molecule has 0 aliphatic carbocycles. The summed E-state index contributed by atoms with van der Waals surface area (Å²) < 4.78 is 34.6. The number of carbonyl (C=O) groups is 2. The molecule has 0 aromatic carbocycles. The van der Waals surface area contributed by atoms with Crippen molar-refractivity contribution in [2.75, 3.05) is 80.3 Å². The average Bonchev–Trinajstić information content (AvgIpc) is 2.57. The molecule has 0 atom stereocenters. The highest BCUT2D eigenvalue weighted by Gasteiger charge is 2.00. The smallest absolute Gasteiger partial charge is 0.331 e. The van der Waals surface area contributed by atoms with E-state index in [2.05, 4.69) is 9.47 Å². The molecule has 0 radical (unpaired) electrons. The number of methoxy groups -OCH3 is 2. The number of carbonyl (C=O) groups excluding carboxylic acids is 2. The minimum absolute atomic E-state index is 0.0724. The van der Waals surface area contributed by atoms with Crippen LogP contribution in [0.4, 0.5) is 0 Å². The number of esters is 2. The van der Waals surface area contributed by atoms with E-state index in [4.69, 9.17) is 23.7 Å². The summed E-state index contributed by atoms with van der Waals surface area (Å²) in [5.74, 6) is -0.826. The van der Waals surface area contributed by atoms with E-state index in [1.807, 2.05) is 0 Å². The Kier molecular flexibility index (Phi) is 16.2. The maximum Gasteiger partial charge on any atom is 0.331 e. The van der Waals surface area contributed by atoms with Crippen LogP contribution >= 0.6 is 0 Å². The van der Waals surface area contributed by atoms with E-state index < -0.39 is 11.9 Å². The van der Waals surface area contributed by atoms with Crippen molar-refractivity contribution in [3.63, 3.8) is 0 Å². The van der Waals surface area contributed by atoms with Gasteiger partial charge in [-0.1, -0.05) is 0 Å². The fraction of sp³-hybridized carbons (Fsp3) is 0.857. The molecule has 0 aromatic heterocycles. The molecule has 0 saturated heterocycles. The van der Waals surface area contributed by atoms with Gasteiger partial charge in [-0.2, -0.15) is 0 Å². The van der Waals surface area contributed by atoms with Gasteiger partial charge in [-0.25, -0.2) is 9.59 Å². The molecule has 0 bridgehead atoms. The lowest BCUT2D eigenvalue weighted by molar-refractivity contribution is -0.147. The minimum atomic E-state index is -0.413. The Bertz CT molecular complexity index is 268. The highest BCUT2D eigenvalue weighted by atomic mass is 16.6. The van der Waals surface area contributed by atoms with Gasteiger partial charge in [0.15, 0.2) is 0 Å². The number of hydrogen-bond acceptors (Lipinski definition) is 9. The minimum Gasteiger partial charge on any atom is -0.467 e. The highest BCUT2D eigenvalue weighted by Crippen LogP contribution is 1.85. The Morgan fingerprint density at radius 2 is 0.783 bits per heavy atom. The Balaban J connectivity index is 3.05. The molecule has 0 rings (SSSR count). The third kappa shape index (κ3) is 16.9. The van der Waals surface area contributed by atoms with E-state index in [0.29, 0.717) is 52.9 Å². The van der Waals surface area contributed by atoms with E-state index in [-0.39, 0.29) is 13.2 Å². The first-order valence-corrected chi connectivity index (χ1v) is 7.23. The van der Waals surface area contributed by atoms with Crippen molar-refractivity contribution in [2.24, 2.45) is 0 Å². The zero-order valence-electron chi connectivity index (χ0n) is 13.7. The van der Waals surface area contributed by atoms with E-state index in [9.17, 15) is 9.59 Å². The van der Waals surface area contributed by atoms with Gasteiger partial charge in [-0.05, 0) is 0 Å². The van der Waals surface area contributed by atoms with Crippen molar-refractivity contribution < 1.29 is 42.7 Å². The maximum atomic E-state index is 10.7. The van der Waals surface area contributed by atoms with Gasteiger partial charge < -0.3 is 33.2 Å². The second kappa shape index (κ2) is 17.1. The van der Waals surface area contributed by atoms with E-state index >= 15 is 0 Å². The summed E-state index contributed by atoms with van der Waals surface area (Å²) in [4.78, 5) is 21.5. The van der Waals surface area contributed by atoms with Gasteiger partial charge in [-0.3, -0.25) is 0 Å². The molecule has 0 spiro atoms. The van der Waals surface area contributed by atoms with Crippen LogP contribution in [0.2, 0.25) is 0 Å². The van der Waals surface area contributed by atoms with Crippen LogP contribution in [0.15, 0.2) is 0 Å². The third-order valence-corrected chi connectivity index (χ3v) is 2.38.